The Morgan fingerprint density at radius 1 is 1.06 bits per heavy atom. The van der Waals surface area contributed by atoms with Crippen molar-refractivity contribution in [2.75, 3.05) is 14.2 Å². The minimum atomic E-state index is -1.16. The summed E-state index contributed by atoms with van der Waals surface area (Å²) in [5.41, 5.74) is 0.176. The van der Waals surface area contributed by atoms with E-state index in [1.165, 1.54) is 0 Å². The molecule has 0 amide bonds. The molecule has 1 N–H and O–H groups in total. The average Bonchev–Trinajstić information content (AvgIpc) is 3.25. The fourth-order valence-corrected chi connectivity index (χ4v) is 8.26. The van der Waals surface area contributed by atoms with Crippen molar-refractivity contribution in [3.05, 3.63) is 22.3 Å². The molecule has 1 aromatic rings. The third-order valence-electron chi connectivity index (χ3n) is 9.68. The van der Waals surface area contributed by atoms with Crippen LogP contribution in [0.1, 0.15) is 74.0 Å². The van der Waals surface area contributed by atoms with E-state index in [1.54, 1.807) is 14.2 Å². The van der Waals surface area contributed by atoms with Crippen LogP contribution in [0.2, 0.25) is 0 Å². The van der Waals surface area contributed by atoms with Crippen LogP contribution in [0.15, 0.2) is 0 Å². The van der Waals surface area contributed by atoms with Gasteiger partial charge in [-0.15, -0.1) is 0 Å². The van der Waals surface area contributed by atoms with Crippen molar-refractivity contribution in [3.63, 3.8) is 0 Å². The van der Waals surface area contributed by atoms with E-state index < -0.39 is 34.3 Å². The molecule has 4 heterocycles. The highest BCUT2D eigenvalue weighted by Crippen LogP contribution is 2.70. The molecule has 1 aliphatic carbocycles. The first-order valence-corrected chi connectivity index (χ1v) is 12.1. The first-order chi connectivity index (χ1) is 15.9. The van der Waals surface area contributed by atoms with E-state index in [0.29, 0.717) is 30.6 Å². The maximum atomic E-state index is 12.6. The lowest BCUT2D eigenvalue weighted by atomic mass is 9.46. The third-order valence-corrected chi connectivity index (χ3v) is 9.68. The summed E-state index contributed by atoms with van der Waals surface area (Å²) in [6.45, 7) is 10.4. The monoisotopic (exact) mass is 474 g/mol. The predicted molar refractivity (Wildman–Crippen MR) is 120 cm³/mol. The smallest absolute Gasteiger partial charge is 0.342 e. The van der Waals surface area contributed by atoms with Gasteiger partial charge in [0, 0.05) is 42.4 Å². The van der Waals surface area contributed by atoms with E-state index >= 15 is 0 Å². The molecule has 6 rings (SSSR count). The minimum absolute atomic E-state index is 0.0319. The number of aliphatic hydroxyl groups excluding tert-OH is 1. The molecule has 2 saturated heterocycles. The lowest BCUT2D eigenvalue weighted by Crippen LogP contribution is -2.77. The molecule has 0 aromatic heterocycles. The number of benzene rings is 1. The molecule has 34 heavy (non-hydrogen) atoms. The number of carbonyl (C=O) groups excluding carboxylic acids is 1. The Bertz CT molecular complexity index is 1110. The van der Waals surface area contributed by atoms with E-state index in [2.05, 4.69) is 13.8 Å². The van der Waals surface area contributed by atoms with Gasteiger partial charge in [0.2, 0.25) is 0 Å². The summed E-state index contributed by atoms with van der Waals surface area (Å²) in [7, 11) is 3.17. The predicted octanol–water partition coefficient (Wildman–Crippen LogP) is 3.41. The summed E-state index contributed by atoms with van der Waals surface area (Å²) in [6.07, 6.45) is 1.46. The molecule has 1 aromatic carbocycles. The maximum Gasteiger partial charge on any atom is 0.342 e. The van der Waals surface area contributed by atoms with Crippen LogP contribution in [0.5, 0.6) is 11.5 Å². The lowest BCUT2D eigenvalue weighted by Gasteiger charge is -2.66. The van der Waals surface area contributed by atoms with Gasteiger partial charge in [-0.05, 0) is 46.1 Å². The van der Waals surface area contributed by atoms with Crippen molar-refractivity contribution in [1.29, 1.82) is 0 Å². The Morgan fingerprint density at radius 3 is 2.47 bits per heavy atom. The van der Waals surface area contributed by atoms with Gasteiger partial charge in [0.15, 0.2) is 0 Å². The molecule has 6 atom stereocenters. The van der Waals surface area contributed by atoms with E-state index in [9.17, 15) is 9.90 Å². The summed E-state index contributed by atoms with van der Waals surface area (Å²) in [4.78, 5) is 12.6. The number of hydrogen-bond donors (Lipinski definition) is 1. The largest absolute Gasteiger partial charge is 0.495 e. The number of methoxy groups -OCH3 is 2. The number of cyclic esters (lactones) is 1. The molecular formula is C26H34O8. The van der Waals surface area contributed by atoms with E-state index in [0.717, 1.165) is 28.9 Å². The molecule has 4 aliphatic heterocycles. The number of rotatable bonds is 2. The molecule has 0 radical (unpaired) electrons. The number of hydrogen-bond acceptors (Lipinski definition) is 8. The van der Waals surface area contributed by atoms with Gasteiger partial charge in [0.1, 0.15) is 40.5 Å². The molecule has 8 nitrogen and oxygen atoms in total. The summed E-state index contributed by atoms with van der Waals surface area (Å²) in [5.74, 6) is -0.276. The first-order valence-electron chi connectivity index (χ1n) is 12.1. The highest BCUT2D eigenvalue weighted by atomic mass is 16.9. The fourth-order valence-electron chi connectivity index (χ4n) is 8.26. The molecule has 0 unspecified atom stereocenters. The number of fused-ring (bicyclic) bond motifs is 5. The van der Waals surface area contributed by atoms with Crippen LogP contribution in [0, 0.1) is 18.3 Å². The highest BCUT2D eigenvalue weighted by Gasteiger charge is 2.80. The molecule has 5 aliphatic rings. The van der Waals surface area contributed by atoms with Crippen molar-refractivity contribution < 1.29 is 38.3 Å². The molecule has 186 valence electrons. The topological polar surface area (TPSA) is 92.7 Å². The van der Waals surface area contributed by atoms with Crippen LogP contribution in [-0.2, 0) is 32.0 Å². The molecule has 1 saturated carbocycles. The van der Waals surface area contributed by atoms with Gasteiger partial charge in [-0.3, -0.25) is 0 Å². The standard InChI is InChI=1S/C26H34O8/c1-13-15-12-31-21(28)18(15)20(29-6)14-10-16-23(4)8-9-25(30-7)33-22(2,3)26(23,34-25)17(27)11-24(16,5)32-19(13)14/h16-17,27H,8-12H2,1-7H3/t16-,17-,23-,24+,25+,26-/m1/s1. The average molecular weight is 475 g/mol. The van der Waals surface area contributed by atoms with E-state index in [1.807, 2.05) is 20.8 Å². The van der Waals surface area contributed by atoms with E-state index in [4.69, 9.17) is 28.4 Å². The van der Waals surface area contributed by atoms with Crippen molar-refractivity contribution in [1.82, 2.24) is 0 Å². The quantitative estimate of drug-likeness (QED) is 0.652. The maximum absolute atomic E-state index is 12.6. The van der Waals surface area contributed by atoms with Crippen LogP contribution in [0.4, 0.5) is 0 Å². The lowest BCUT2D eigenvalue weighted by molar-refractivity contribution is -0.392. The normalized spacial score (nSPS) is 43.2. The van der Waals surface area contributed by atoms with Crippen LogP contribution in [0.25, 0.3) is 0 Å². The van der Waals surface area contributed by atoms with Gasteiger partial charge in [-0.1, -0.05) is 6.92 Å². The molecule has 8 heteroatoms. The molecular weight excluding hydrogens is 440 g/mol. The summed E-state index contributed by atoms with van der Waals surface area (Å²) >= 11 is 0. The Hall–Kier alpha value is -1.87. The second-order valence-corrected chi connectivity index (χ2v) is 11.5. The Labute approximate surface area is 199 Å². The second kappa shape index (κ2) is 6.46. The van der Waals surface area contributed by atoms with Crippen molar-refractivity contribution in [3.8, 4) is 11.5 Å². The van der Waals surface area contributed by atoms with Crippen LogP contribution < -0.4 is 9.47 Å². The van der Waals surface area contributed by atoms with Gasteiger partial charge >= 0.3 is 5.97 Å². The van der Waals surface area contributed by atoms with Gasteiger partial charge in [-0.2, -0.15) is 0 Å². The van der Waals surface area contributed by atoms with Gasteiger partial charge < -0.3 is 33.5 Å². The number of carbonyl (C=O) groups is 1. The first kappa shape index (κ1) is 22.6. The zero-order chi connectivity index (χ0) is 24.5. The highest BCUT2D eigenvalue weighted by molar-refractivity contribution is 5.98. The zero-order valence-electron chi connectivity index (χ0n) is 21.0. The number of aliphatic hydroxyl groups is 1. The van der Waals surface area contributed by atoms with Crippen molar-refractivity contribution in [2.24, 2.45) is 11.3 Å². The summed E-state index contributed by atoms with van der Waals surface area (Å²) in [6, 6.07) is 0. The van der Waals surface area contributed by atoms with Crippen molar-refractivity contribution in [2.45, 2.75) is 95.8 Å². The van der Waals surface area contributed by atoms with Crippen LogP contribution >= 0.6 is 0 Å². The van der Waals surface area contributed by atoms with Crippen LogP contribution in [0.3, 0.4) is 0 Å². The third kappa shape index (κ3) is 2.31. The Balaban J connectivity index is 1.55. The Morgan fingerprint density at radius 2 is 1.79 bits per heavy atom. The number of esters is 1. The van der Waals surface area contributed by atoms with E-state index in [-0.39, 0.29) is 18.5 Å². The van der Waals surface area contributed by atoms with Crippen LogP contribution in [-0.4, -0.2) is 54.2 Å². The van der Waals surface area contributed by atoms with Gasteiger partial charge in [0.05, 0.1) is 13.2 Å². The fraction of sp³-hybridized carbons (Fsp3) is 0.731. The molecule has 1 spiro atoms. The number of ether oxygens (including phenoxy) is 6. The second-order valence-electron chi connectivity index (χ2n) is 11.5. The summed E-state index contributed by atoms with van der Waals surface area (Å²) in [5, 5.41) is 11.8. The van der Waals surface area contributed by atoms with Crippen molar-refractivity contribution >= 4 is 5.97 Å². The molecule has 2 bridgehead atoms. The van der Waals surface area contributed by atoms with Gasteiger partial charge in [-0.25, -0.2) is 4.79 Å². The zero-order valence-corrected chi connectivity index (χ0v) is 21.0. The van der Waals surface area contributed by atoms with Gasteiger partial charge in [0.25, 0.3) is 5.97 Å². The minimum Gasteiger partial charge on any atom is -0.495 e. The molecule has 3 fully saturated rings. The SMILES string of the molecule is COc1c2c(c(C)c3c1C(=O)OC3)O[C@@]1(C)C[C@@H](O)[C@]34O[C@](OC)(CC[C@]3(C)[C@H]1C2)OC4(C)C. The Kier molecular flexibility index (Phi) is 4.29. The summed E-state index contributed by atoms with van der Waals surface area (Å²) < 4.78 is 36.8.